The molecule has 0 saturated heterocycles. The van der Waals surface area contributed by atoms with E-state index in [9.17, 15) is 0 Å². The Hall–Kier alpha value is -2.01. The molecule has 1 aliphatic rings. The highest BCUT2D eigenvalue weighted by atomic mass is 35.5. The van der Waals surface area contributed by atoms with Crippen molar-refractivity contribution in [3.05, 3.63) is 34.6 Å². The van der Waals surface area contributed by atoms with Crippen molar-refractivity contribution in [2.75, 3.05) is 18.2 Å². The Morgan fingerprint density at radius 2 is 2.10 bits per heavy atom. The molecule has 1 aromatic heterocycles. The second kappa shape index (κ2) is 5.41. The summed E-state index contributed by atoms with van der Waals surface area (Å²) in [5.74, 6) is 3.17. The maximum absolute atomic E-state index is 6.22. The summed E-state index contributed by atoms with van der Waals surface area (Å²) in [5, 5.41) is 3.83. The molecule has 0 bridgehead atoms. The number of ether oxygens (including phenoxy) is 1. The Morgan fingerprint density at radius 1 is 1.33 bits per heavy atom. The number of nitrogens with two attached hydrogens (primary N) is 1. The monoisotopic (exact) mass is 304 g/mol. The quantitative estimate of drug-likeness (QED) is 0.902. The first-order chi connectivity index (χ1) is 10.1. The second-order valence-electron chi connectivity index (χ2n) is 5.19. The van der Waals surface area contributed by atoms with Gasteiger partial charge in [0.15, 0.2) is 0 Å². The van der Waals surface area contributed by atoms with Crippen LogP contribution in [0, 0.1) is 6.92 Å². The normalized spacial score (nSPS) is 14.0. The summed E-state index contributed by atoms with van der Waals surface area (Å²) < 4.78 is 5.22. The minimum Gasteiger partial charge on any atom is -0.497 e. The van der Waals surface area contributed by atoms with E-state index in [1.807, 2.05) is 19.1 Å². The van der Waals surface area contributed by atoms with Crippen molar-refractivity contribution < 1.29 is 4.74 Å². The second-order valence-corrected chi connectivity index (χ2v) is 5.59. The molecular weight excluding hydrogens is 288 g/mol. The van der Waals surface area contributed by atoms with E-state index in [1.54, 1.807) is 13.2 Å². The third-order valence-corrected chi connectivity index (χ3v) is 3.90. The molecule has 3 rings (SSSR count). The van der Waals surface area contributed by atoms with Crippen LogP contribution in [0.3, 0.4) is 0 Å². The molecule has 1 aliphatic carbocycles. The number of aromatic nitrogens is 2. The van der Waals surface area contributed by atoms with Crippen LogP contribution in [0.1, 0.15) is 30.1 Å². The minimum absolute atomic E-state index is 0.439. The van der Waals surface area contributed by atoms with Crippen LogP contribution in [0.2, 0.25) is 5.02 Å². The van der Waals surface area contributed by atoms with Crippen molar-refractivity contribution in [2.45, 2.75) is 25.7 Å². The van der Waals surface area contributed by atoms with Gasteiger partial charge in [0.2, 0.25) is 0 Å². The van der Waals surface area contributed by atoms with E-state index in [0.717, 1.165) is 35.7 Å². The summed E-state index contributed by atoms with van der Waals surface area (Å²) in [6.07, 6.45) is 2.25. The van der Waals surface area contributed by atoms with E-state index in [1.165, 1.54) is 0 Å². The Balaban J connectivity index is 1.97. The van der Waals surface area contributed by atoms with Crippen LogP contribution in [0.15, 0.2) is 18.2 Å². The van der Waals surface area contributed by atoms with E-state index in [4.69, 9.17) is 22.1 Å². The van der Waals surface area contributed by atoms with Gasteiger partial charge in [-0.05, 0) is 31.9 Å². The zero-order valence-corrected chi connectivity index (χ0v) is 12.7. The first-order valence-electron chi connectivity index (χ1n) is 6.83. The molecule has 1 saturated carbocycles. The van der Waals surface area contributed by atoms with Gasteiger partial charge in [0.1, 0.15) is 23.2 Å². The first-order valence-corrected chi connectivity index (χ1v) is 7.21. The van der Waals surface area contributed by atoms with Crippen LogP contribution in [-0.2, 0) is 0 Å². The molecule has 0 atom stereocenters. The van der Waals surface area contributed by atoms with E-state index in [0.29, 0.717) is 22.6 Å². The van der Waals surface area contributed by atoms with Crippen molar-refractivity contribution >= 4 is 28.9 Å². The number of nitrogens with one attached hydrogen (secondary N) is 1. The molecule has 110 valence electrons. The third kappa shape index (κ3) is 2.88. The fourth-order valence-corrected chi connectivity index (χ4v) is 2.22. The lowest BCUT2D eigenvalue weighted by Gasteiger charge is -2.13. The number of halogens is 1. The number of methoxy groups -OCH3 is 1. The van der Waals surface area contributed by atoms with Crippen molar-refractivity contribution in [3.8, 4) is 5.75 Å². The Bertz CT molecular complexity index is 686. The van der Waals surface area contributed by atoms with Gasteiger partial charge in [0.25, 0.3) is 0 Å². The van der Waals surface area contributed by atoms with Crippen molar-refractivity contribution in [2.24, 2.45) is 0 Å². The van der Waals surface area contributed by atoms with Gasteiger partial charge < -0.3 is 15.8 Å². The number of nitrogens with zero attached hydrogens (tertiary/aromatic N) is 2. The zero-order chi connectivity index (χ0) is 15.0. The molecule has 2 aromatic rings. The summed E-state index contributed by atoms with van der Waals surface area (Å²) in [7, 11) is 1.62. The molecule has 0 amide bonds. The lowest BCUT2D eigenvalue weighted by Crippen LogP contribution is -2.06. The number of anilines is 3. The molecule has 21 heavy (non-hydrogen) atoms. The largest absolute Gasteiger partial charge is 0.497 e. The van der Waals surface area contributed by atoms with Crippen LogP contribution in [0.5, 0.6) is 5.75 Å². The summed E-state index contributed by atoms with van der Waals surface area (Å²) in [5.41, 5.74) is 7.54. The van der Waals surface area contributed by atoms with Gasteiger partial charge in [0.05, 0.1) is 17.8 Å². The molecule has 0 aliphatic heterocycles. The summed E-state index contributed by atoms with van der Waals surface area (Å²) in [4.78, 5) is 8.95. The lowest BCUT2D eigenvalue weighted by molar-refractivity contribution is 0.415. The number of rotatable bonds is 4. The Labute approximate surface area is 128 Å². The number of nitrogen functional groups attached to an aromatic ring is 1. The van der Waals surface area contributed by atoms with Gasteiger partial charge in [-0.3, -0.25) is 0 Å². The Morgan fingerprint density at radius 3 is 2.76 bits per heavy atom. The van der Waals surface area contributed by atoms with Crippen LogP contribution in [0.25, 0.3) is 0 Å². The average Bonchev–Trinajstić information content (AvgIpc) is 3.30. The smallest absolute Gasteiger partial charge is 0.139 e. The van der Waals surface area contributed by atoms with Crippen molar-refractivity contribution in [3.63, 3.8) is 0 Å². The van der Waals surface area contributed by atoms with Crippen LogP contribution in [0.4, 0.5) is 17.3 Å². The molecule has 3 N–H and O–H groups in total. The number of hydrogen-bond donors (Lipinski definition) is 2. The highest BCUT2D eigenvalue weighted by Gasteiger charge is 2.28. The van der Waals surface area contributed by atoms with Crippen molar-refractivity contribution in [1.29, 1.82) is 0 Å². The zero-order valence-electron chi connectivity index (χ0n) is 12.0. The van der Waals surface area contributed by atoms with E-state index < -0.39 is 0 Å². The first kappa shape index (κ1) is 13.9. The van der Waals surface area contributed by atoms with Gasteiger partial charge in [-0.25, -0.2) is 9.97 Å². The molecular formula is C15H17ClN4O. The van der Waals surface area contributed by atoms with E-state index in [-0.39, 0.29) is 0 Å². The topological polar surface area (TPSA) is 73.1 Å². The standard InChI is InChI=1S/C15H17ClN4O/c1-8-13(17)19-15(9-3-4-9)20-14(8)18-12-7-10(21-2)5-6-11(12)16/h5-7,9H,3-4H2,1-2H3,(H3,17,18,19,20). The molecule has 0 radical (unpaired) electrons. The van der Waals surface area contributed by atoms with E-state index >= 15 is 0 Å². The predicted octanol–water partition coefficient (Wildman–Crippen LogP) is 3.65. The fourth-order valence-electron chi connectivity index (χ4n) is 2.05. The van der Waals surface area contributed by atoms with Crippen LogP contribution in [-0.4, -0.2) is 17.1 Å². The molecule has 1 heterocycles. The molecule has 0 spiro atoms. The minimum atomic E-state index is 0.439. The van der Waals surface area contributed by atoms with Gasteiger partial charge >= 0.3 is 0 Å². The van der Waals surface area contributed by atoms with Crippen LogP contribution < -0.4 is 15.8 Å². The molecule has 0 unspecified atom stereocenters. The molecule has 1 aromatic carbocycles. The van der Waals surface area contributed by atoms with Gasteiger partial charge in [-0.1, -0.05) is 11.6 Å². The van der Waals surface area contributed by atoms with Gasteiger partial charge in [-0.2, -0.15) is 0 Å². The molecule has 6 heteroatoms. The van der Waals surface area contributed by atoms with Crippen molar-refractivity contribution in [1.82, 2.24) is 9.97 Å². The molecule has 1 fully saturated rings. The fraction of sp³-hybridized carbons (Fsp3) is 0.333. The maximum atomic E-state index is 6.22. The Kier molecular flexibility index (Phi) is 3.59. The van der Waals surface area contributed by atoms with E-state index in [2.05, 4.69) is 15.3 Å². The van der Waals surface area contributed by atoms with Gasteiger partial charge in [0, 0.05) is 17.5 Å². The molecule has 5 nitrogen and oxygen atoms in total. The lowest BCUT2D eigenvalue weighted by atomic mass is 10.2. The maximum Gasteiger partial charge on any atom is 0.139 e. The number of benzene rings is 1. The highest BCUT2D eigenvalue weighted by molar-refractivity contribution is 6.33. The number of hydrogen-bond acceptors (Lipinski definition) is 5. The van der Waals surface area contributed by atoms with Gasteiger partial charge in [-0.15, -0.1) is 0 Å². The predicted molar refractivity (Wildman–Crippen MR) is 84.4 cm³/mol. The summed E-state index contributed by atoms with van der Waals surface area (Å²) in [6, 6.07) is 5.42. The SMILES string of the molecule is COc1ccc(Cl)c(Nc2nc(C3CC3)nc(N)c2C)c1. The highest BCUT2D eigenvalue weighted by Crippen LogP contribution is 2.40. The summed E-state index contributed by atoms with van der Waals surface area (Å²) in [6.45, 7) is 1.89. The summed E-state index contributed by atoms with van der Waals surface area (Å²) >= 11 is 6.22. The average molecular weight is 305 g/mol. The van der Waals surface area contributed by atoms with Crippen LogP contribution >= 0.6 is 11.6 Å². The third-order valence-electron chi connectivity index (χ3n) is 3.57.